The lowest BCUT2D eigenvalue weighted by Gasteiger charge is -2.12. The van der Waals surface area contributed by atoms with E-state index in [1.165, 1.54) is 25.4 Å². The Kier molecular flexibility index (Phi) is 4.85. The first-order valence-corrected chi connectivity index (χ1v) is 9.97. The summed E-state index contributed by atoms with van der Waals surface area (Å²) in [6.45, 7) is 1.42. The molecule has 11 heteroatoms. The Labute approximate surface area is 159 Å². The van der Waals surface area contributed by atoms with Crippen molar-refractivity contribution in [2.45, 2.75) is 18.0 Å². The monoisotopic (exact) mass is 461 g/mol. The topological polar surface area (TPSA) is 81.9 Å². The number of hydrogen-bond acceptors (Lipinski definition) is 5. The molecule has 0 spiro atoms. The maximum atomic E-state index is 13.0. The Morgan fingerprint density at radius 1 is 1.19 bits per heavy atom. The lowest BCUT2D eigenvalue weighted by Crippen LogP contribution is -2.24. The predicted molar refractivity (Wildman–Crippen MR) is 95.6 cm³/mol. The second-order valence-corrected chi connectivity index (χ2v) is 8.70. The van der Waals surface area contributed by atoms with Crippen LogP contribution in [-0.4, -0.2) is 28.9 Å². The molecule has 6 nitrogen and oxygen atoms in total. The summed E-state index contributed by atoms with van der Waals surface area (Å²) in [5, 5.41) is 3.84. The Balaban J connectivity index is 2.34. The number of alkyl halides is 3. The van der Waals surface area contributed by atoms with Crippen molar-refractivity contribution < 1.29 is 21.6 Å². The molecule has 3 rings (SSSR count). The third-order valence-corrected chi connectivity index (χ3v) is 6.00. The van der Waals surface area contributed by atoms with E-state index in [-0.39, 0.29) is 27.2 Å². The van der Waals surface area contributed by atoms with Crippen LogP contribution >= 0.6 is 15.9 Å². The fourth-order valence-electron chi connectivity index (χ4n) is 2.42. The van der Waals surface area contributed by atoms with Crippen molar-refractivity contribution in [1.29, 1.82) is 0 Å². The minimum Gasteiger partial charge on any atom is -0.267 e. The number of sulfone groups is 1. The van der Waals surface area contributed by atoms with Gasteiger partial charge in [-0.2, -0.15) is 23.0 Å². The van der Waals surface area contributed by atoms with Gasteiger partial charge in [-0.25, -0.2) is 13.4 Å². The lowest BCUT2D eigenvalue weighted by molar-refractivity contribution is -0.137. The highest BCUT2D eigenvalue weighted by Gasteiger charge is 2.31. The minimum atomic E-state index is -4.62. The van der Waals surface area contributed by atoms with Crippen LogP contribution in [0.3, 0.4) is 0 Å². The van der Waals surface area contributed by atoms with Crippen molar-refractivity contribution in [2.24, 2.45) is 0 Å². The third kappa shape index (κ3) is 3.61. The summed E-state index contributed by atoms with van der Waals surface area (Å²) in [4.78, 5) is 16.5. The number of nitrogens with zero attached hydrogens (tertiary/aromatic N) is 3. The van der Waals surface area contributed by atoms with Crippen molar-refractivity contribution >= 4 is 36.5 Å². The maximum Gasteiger partial charge on any atom is 0.416 e. The summed E-state index contributed by atoms with van der Waals surface area (Å²) in [5.41, 5.74) is -1.89. The molecule has 0 N–H and O–H groups in total. The first kappa shape index (κ1) is 19.5. The first-order chi connectivity index (χ1) is 12.5. The van der Waals surface area contributed by atoms with E-state index in [1.807, 2.05) is 0 Å². The molecular formula is C16H11BrF3N3O3S. The molecule has 142 valence electrons. The van der Waals surface area contributed by atoms with Gasteiger partial charge in [-0.05, 0) is 34.1 Å². The molecule has 0 aliphatic heterocycles. The molecule has 0 radical (unpaired) electrons. The van der Waals surface area contributed by atoms with Gasteiger partial charge in [0.15, 0.2) is 15.7 Å². The second kappa shape index (κ2) is 6.71. The van der Waals surface area contributed by atoms with E-state index < -0.39 is 27.1 Å². The highest BCUT2D eigenvalue weighted by atomic mass is 79.9. The fraction of sp³-hybridized carbons (Fsp3) is 0.188. The number of aromatic nitrogens is 3. The van der Waals surface area contributed by atoms with Crippen LogP contribution < -0.4 is 5.56 Å². The van der Waals surface area contributed by atoms with Crippen LogP contribution in [0, 0.1) is 0 Å². The van der Waals surface area contributed by atoms with Gasteiger partial charge in [0.25, 0.3) is 5.56 Å². The van der Waals surface area contributed by atoms with E-state index in [2.05, 4.69) is 26.0 Å². The molecule has 1 aromatic carbocycles. The van der Waals surface area contributed by atoms with E-state index in [9.17, 15) is 26.4 Å². The summed E-state index contributed by atoms with van der Waals surface area (Å²) in [7, 11) is -3.77. The maximum absolute atomic E-state index is 13.0. The zero-order chi connectivity index (χ0) is 20.0. The number of pyridine rings is 1. The third-order valence-electron chi connectivity index (χ3n) is 3.83. The second-order valence-electron chi connectivity index (χ2n) is 5.54. The van der Waals surface area contributed by atoms with E-state index in [0.29, 0.717) is 15.2 Å². The average molecular weight is 462 g/mol. The summed E-state index contributed by atoms with van der Waals surface area (Å²) in [6, 6.07) is 3.96. The van der Waals surface area contributed by atoms with E-state index in [0.717, 1.165) is 12.1 Å². The van der Waals surface area contributed by atoms with Crippen molar-refractivity contribution in [2.75, 3.05) is 5.75 Å². The standard InChI is InChI=1S/C16H11BrF3N3O3S/c1-2-27(25,26)13-6-11(17)8-21-14(13)23-15(24)12-5-10(16(18,19)20)4-3-9(12)7-22-23/h3-8H,2H2,1H3. The van der Waals surface area contributed by atoms with Crippen molar-refractivity contribution in [3.63, 3.8) is 0 Å². The molecule has 0 saturated carbocycles. The zero-order valence-corrected chi connectivity index (χ0v) is 16.1. The van der Waals surface area contributed by atoms with Crippen molar-refractivity contribution in [3.8, 4) is 5.82 Å². The van der Waals surface area contributed by atoms with Crippen LogP contribution in [0.15, 0.2) is 50.8 Å². The molecule has 2 heterocycles. The smallest absolute Gasteiger partial charge is 0.267 e. The van der Waals surface area contributed by atoms with Gasteiger partial charge in [-0.15, -0.1) is 0 Å². The quantitative estimate of drug-likeness (QED) is 0.597. The summed E-state index contributed by atoms with van der Waals surface area (Å²) >= 11 is 3.12. The van der Waals surface area contributed by atoms with E-state index >= 15 is 0 Å². The van der Waals surface area contributed by atoms with Gasteiger partial charge in [-0.3, -0.25) is 4.79 Å². The molecule has 0 saturated heterocycles. The Morgan fingerprint density at radius 3 is 2.52 bits per heavy atom. The normalized spacial score (nSPS) is 12.5. The molecule has 0 fully saturated rings. The Hall–Kier alpha value is -2.27. The molecule has 2 aromatic heterocycles. The summed E-state index contributed by atoms with van der Waals surface area (Å²) in [6.07, 6.45) is -2.17. The molecule has 0 aliphatic rings. The van der Waals surface area contributed by atoms with Gasteiger partial charge in [-0.1, -0.05) is 13.0 Å². The molecule has 0 unspecified atom stereocenters. The van der Waals surface area contributed by atoms with E-state index in [1.54, 1.807) is 0 Å². The highest BCUT2D eigenvalue weighted by Crippen LogP contribution is 2.30. The van der Waals surface area contributed by atoms with Crippen LogP contribution in [0.5, 0.6) is 0 Å². The summed E-state index contributed by atoms with van der Waals surface area (Å²) in [5.74, 6) is -0.525. The highest BCUT2D eigenvalue weighted by molar-refractivity contribution is 9.10. The molecule has 0 atom stereocenters. The van der Waals surface area contributed by atoms with Crippen molar-refractivity contribution in [1.82, 2.24) is 14.8 Å². The minimum absolute atomic E-state index is 0.196. The number of halogens is 4. The van der Waals surface area contributed by atoms with Crippen LogP contribution in [-0.2, 0) is 16.0 Å². The molecule has 3 aromatic rings. The molecule has 27 heavy (non-hydrogen) atoms. The SMILES string of the molecule is CCS(=O)(=O)c1cc(Br)cnc1-n1ncc2ccc(C(F)(F)F)cc2c1=O. The van der Waals surface area contributed by atoms with Gasteiger partial charge in [0.05, 0.1) is 22.9 Å². The van der Waals surface area contributed by atoms with Crippen LogP contribution in [0.1, 0.15) is 12.5 Å². The zero-order valence-electron chi connectivity index (χ0n) is 13.7. The first-order valence-electron chi connectivity index (χ1n) is 7.52. The predicted octanol–water partition coefficient (Wildman–Crippen LogP) is 3.36. The van der Waals surface area contributed by atoms with Crippen LogP contribution in [0.2, 0.25) is 0 Å². The Morgan fingerprint density at radius 2 is 1.89 bits per heavy atom. The molecule has 0 aliphatic carbocycles. The van der Waals surface area contributed by atoms with Gasteiger partial charge in [0.2, 0.25) is 0 Å². The van der Waals surface area contributed by atoms with Gasteiger partial charge in [0, 0.05) is 16.1 Å². The Bertz CT molecular complexity index is 1210. The van der Waals surface area contributed by atoms with Crippen LogP contribution in [0.4, 0.5) is 13.2 Å². The number of benzene rings is 1. The van der Waals surface area contributed by atoms with Gasteiger partial charge >= 0.3 is 6.18 Å². The number of hydrogen-bond donors (Lipinski definition) is 0. The van der Waals surface area contributed by atoms with Gasteiger partial charge in [0.1, 0.15) is 4.90 Å². The summed E-state index contributed by atoms with van der Waals surface area (Å²) < 4.78 is 64.6. The lowest BCUT2D eigenvalue weighted by atomic mass is 10.1. The molecule has 0 amide bonds. The number of fused-ring (bicyclic) bond motifs is 1. The molecule has 0 bridgehead atoms. The van der Waals surface area contributed by atoms with Crippen molar-refractivity contribution in [3.05, 3.63) is 57.0 Å². The van der Waals surface area contributed by atoms with E-state index in [4.69, 9.17) is 0 Å². The van der Waals surface area contributed by atoms with Gasteiger partial charge < -0.3 is 0 Å². The number of rotatable bonds is 3. The molecular weight excluding hydrogens is 451 g/mol. The average Bonchev–Trinajstić information content (AvgIpc) is 2.61. The van der Waals surface area contributed by atoms with Crippen LogP contribution in [0.25, 0.3) is 16.6 Å². The fourth-order valence-corrected chi connectivity index (χ4v) is 3.94. The largest absolute Gasteiger partial charge is 0.416 e.